The molecule has 0 bridgehead atoms. The fraction of sp³-hybridized carbons (Fsp3) is 0.562. The van der Waals surface area contributed by atoms with E-state index < -0.39 is 0 Å². The summed E-state index contributed by atoms with van der Waals surface area (Å²) in [5.41, 5.74) is 2.27. The lowest BCUT2D eigenvalue weighted by atomic mass is 9.94. The van der Waals surface area contributed by atoms with Crippen molar-refractivity contribution in [3.8, 4) is 0 Å². The average molecular weight is 260 g/mol. The largest absolute Gasteiger partial charge is 0.315 e. The molecule has 2 unspecified atom stereocenters. The van der Waals surface area contributed by atoms with Gasteiger partial charge < -0.3 is 10.2 Å². The molecule has 0 radical (unpaired) electrons. The van der Waals surface area contributed by atoms with Crippen LogP contribution in [0.2, 0.25) is 0 Å². The standard InChI is InChI=1S/C16H24N2O/c1-11(2)12(3)10-17-14-9-16(19)18(4)15-8-6-5-7-13(14)15/h5-8,11-12,14,17H,9-10H2,1-4H3. The SMILES string of the molecule is CC(C)C(C)CNC1CC(=O)N(C)c2ccccc21. The summed E-state index contributed by atoms with van der Waals surface area (Å²) in [6, 6.07) is 8.33. The maximum absolute atomic E-state index is 12.0. The van der Waals surface area contributed by atoms with Crippen molar-refractivity contribution in [3.05, 3.63) is 29.8 Å². The number of carbonyl (C=O) groups is 1. The van der Waals surface area contributed by atoms with Crippen molar-refractivity contribution in [1.82, 2.24) is 5.32 Å². The monoisotopic (exact) mass is 260 g/mol. The van der Waals surface area contributed by atoms with Crippen LogP contribution in [-0.2, 0) is 4.79 Å². The number of rotatable bonds is 4. The van der Waals surface area contributed by atoms with E-state index in [0.29, 0.717) is 18.3 Å². The number of para-hydroxylation sites is 1. The van der Waals surface area contributed by atoms with E-state index in [1.165, 1.54) is 5.56 Å². The van der Waals surface area contributed by atoms with E-state index in [-0.39, 0.29) is 11.9 Å². The number of hydrogen-bond donors (Lipinski definition) is 1. The molecule has 19 heavy (non-hydrogen) atoms. The van der Waals surface area contributed by atoms with Gasteiger partial charge in [0.2, 0.25) is 5.91 Å². The Labute approximate surface area is 116 Å². The molecule has 1 heterocycles. The molecule has 0 spiro atoms. The minimum Gasteiger partial charge on any atom is -0.315 e. The predicted molar refractivity (Wildman–Crippen MR) is 79.2 cm³/mol. The van der Waals surface area contributed by atoms with E-state index in [9.17, 15) is 4.79 Å². The summed E-state index contributed by atoms with van der Waals surface area (Å²) in [7, 11) is 1.86. The second kappa shape index (κ2) is 5.74. The Morgan fingerprint density at radius 1 is 1.32 bits per heavy atom. The summed E-state index contributed by atoms with van der Waals surface area (Å²) < 4.78 is 0. The lowest BCUT2D eigenvalue weighted by Crippen LogP contribution is -2.39. The number of anilines is 1. The zero-order valence-corrected chi connectivity index (χ0v) is 12.3. The highest BCUT2D eigenvalue weighted by atomic mass is 16.2. The second-order valence-electron chi connectivity index (χ2n) is 5.90. The van der Waals surface area contributed by atoms with Gasteiger partial charge in [0.15, 0.2) is 0 Å². The maximum atomic E-state index is 12.0. The molecule has 2 atom stereocenters. The van der Waals surface area contributed by atoms with Crippen LogP contribution in [0.4, 0.5) is 5.69 Å². The summed E-state index contributed by atoms with van der Waals surface area (Å²) in [5.74, 6) is 1.46. The third-order valence-corrected chi connectivity index (χ3v) is 4.25. The quantitative estimate of drug-likeness (QED) is 0.902. The Balaban J connectivity index is 2.14. The highest BCUT2D eigenvalue weighted by Gasteiger charge is 2.28. The molecule has 104 valence electrons. The summed E-state index contributed by atoms with van der Waals surface area (Å²) in [6.45, 7) is 7.67. The molecular formula is C16H24N2O. The van der Waals surface area contributed by atoms with Crippen LogP contribution in [-0.4, -0.2) is 19.5 Å². The smallest absolute Gasteiger partial charge is 0.228 e. The van der Waals surface area contributed by atoms with Crippen LogP contribution in [0.3, 0.4) is 0 Å². The van der Waals surface area contributed by atoms with Gasteiger partial charge in [-0.25, -0.2) is 0 Å². The third-order valence-electron chi connectivity index (χ3n) is 4.25. The molecule has 3 heteroatoms. The van der Waals surface area contributed by atoms with Gasteiger partial charge in [0.1, 0.15) is 0 Å². The molecule has 2 rings (SSSR count). The molecule has 0 saturated heterocycles. The van der Waals surface area contributed by atoms with E-state index in [0.717, 1.165) is 12.2 Å². The van der Waals surface area contributed by atoms with E-state index in [1.54, 1.807) is 4.90 Å². The topological polar surface area (TPSA) is 32.3 Å². The molecule has 0 saturated carbocycles. The van der Waals surface area contributed by atoms with Gasteiger partial charge in [0.05, 0.1) is 0 Å². The van der Waals surface area contributed by atoms with Crippen molar-refractivity contribution in [1.29, 1.82) is 0 Å². The molecule has 1 aliphatic rings. The van der Waals surface area contributed by atoms with Gasteiger partial charge in [-0.2, -0.15) is 0 Å². The molecule has 3 nitrogen and oxygen atoms in total. The molecule has 1 aromatic rings. The van der Waals surface area contributed by atoms with Gasteiger partial charge in [0, 0.05) is 25.2 Å². The highest BCUT2D eigenvalue weighted by Crippen LogP contribution is 2.33. The van der Waals surface area contributed by atoms with Crippen molar-refractivity contribution in [2.45, 2.75) is 33.2 Å². The number of carbonyl (C=O) groups excluding carboxylic acids is 1. The molecule has 1 aromatic carbocycles. The van der Waals surface area contributed by atoms with Crippen molar-refractivity contribution in [2.24, 2.45) is 11.8 Å². The van der Waals surface area contributed by atoms with Gasteiger partial charge >= 0.3 is 0 Å². The Morgan fingerprint density at radius 2 is 2.00 bits per heavy atom. The number of hydrogen-bond acceptors (Lipinski definition) is 2. The van der Waals surface area contributed by atoms with Gasteiger partial charge in [-0.3, -0.25) is 4.79 Å². The molecular weight excluding hydrogens is 236 g/mol. The van der Waals surface area contributed by atoms with Gasteiger partial charge in [-0.05, 0) is 30.0 Å². The Morgan fingerprint density at radius 3 is 2.68 bits per heavy atom. The Hall–Kier alpha value is -1.35. The predicted octanol–water partition coefficient (Wildman–Crippen LogP) is 2.98. The zero-order chi connectivity index (χ0) is 14.0. The summed E-state index contributed by atoms with van der Waals surface area (Å²) in [6.07, 6.45) is 0.554. The van der Waals surface area contributed by atoms with Crippen molar-refractivity contribution >= 4 is 11.6 Å². The van der Waals surface area contributed by atoms with Gasteiger partial charge in [0.25, 0.3) is 0 Å². The molecule has 0 aromatic heterocycles. The lowest BCUT2D eigenvalue weighted by molar-refractivity contribution is -0.119. The molecule has 1 N–H and O–H groups in total. The van der Waals surface area contributed by atoms with Gasteiger partial charge in [-0.1, -0.05) is 39.0 Å². The van der Waals surface area contributed by atoms with Crippen LogP contribution in [0.25, 0.3) is 0 Å². The summed E-state index contributed by atoms with van der Waals surface area (Å²) in [4.78, 5) is 13.8. The fourth-order valence-electron chi connectivity index (χ4n) is 2.39. The van der Waals surface area contributed by atoms with Crippen molar-refractivity contribution in [2.75, 3.05) is 18.5 Å². The summed E-state index contributed by atoms with van der Waals surface area (Å²) in [5, 5.41) is 3.56. The van der Waals surface area contributed by atoms with E-state index in [1.807, 2.05) is 25.2 Å². The number of benzene rings is 1. The summed E-state index contributed by atoms with van der Waals surface area (Å²) >= 11 is 0. The minimum absolute atomic E-state index is 0.154. The Kier molecular flexibility index (Phi) is 4.25. The number of amides is 1. The number of nitrogens with zero attached hydrogens (tertiary/aromatic N) is 1. The third kappa shape index (κ3) is 2.98. The van der Waals surface area contributed by atoms with Crippen molar-refractivity contribution < 1.29 is 4.79 Å². The van der Waals surface area contributed by atoms with Crippen molar-refractivity contribution in [3.63, 3.8) is 0 Å². The first-order valence-corrected chi connectivity index (χ1v) is 7.09. The van der Waals surface area contributed by atoms with E-state index >= 15 is 0 Å². The first kappa shape index (κ1) is 14.1. The van der Waals surface area contributed by atoms with E-state index in [4.69, 9.17) is 0 Å². The zero-order valence-electron chi connectivity index (χ0n) is 12.3. The average Bonchev–Trinajstić information content (AvgIpc) is 2.40. The molecule has 1 aliphatic heterocycles. The number of fused-ring (bicyclic) bond motifs is 1. The fourth-order valence-corrected chi connectivity index (χ4v) is 2.39. The van der Waals surface area contributed by atoms with Crippen LogP contribution < -0.4 is 10.2 Å². The normalized spacial score (nSPS) is 20.6. The van der Waals surface area contributed by atoms with Crippen LogP contribution >= 0.6 is 0 Å². The second-order valence-corrected chi connectivity index (χ2v) is 5.90. The van der Waals surface area contributed by atoms with Crippen LogP contribution in [0.1, 0.15) is 38.8 Å². The maximum Gasteiger partial charge on any atom is 0.228 e. The van der Waals surface area contributed by atoms with E-state index in [2.05, 4.69) is 32.2 Å². The van der Waals surface area contributed by atoms with Crippen LogP contribution in [0, 0.1) is 11.8 Å². The first-order chi connectivity index (χ1) is 9.00. The minimum atomic E-state index is 0.154. The molecule has 1 amide bonds. The lowest BCUT2D eigenvalue weighted by Gasteiger charge is -2.33. The molecule has 0 aliphatic carbocycles. The molecule has 0 fully saturated rings. The van der Waals surface area contributed by atoms with Crippen LogP contribution in [0.5, 0.6) is 0 Å². The number of nitrogens with one attached hydrogen (secondary N) is 1. The first-order valence-electron chi connectivity index (χ1n) is 7.09. The Bertz CT molecular complexity index is 456. The highest BCUT2D eigenvalue weighted by molar-refractivity contribution is 5.96. The van der Waals surface area contributed by atoms with Gasteiger partial charge in [-0.15, -0.1) is 0 Å². The van der Waals surface area contributed by atoms with Crippen LogP contribution in [0.15, 0.2) is 24.3 Å².